The van der Waals surface area contributed by atoms with Gasteiger partial charge in [0.05, 0.1) is 11.6 Å². The lowest BCUT2D eigenvalue weighted by molar-refractivity contribution is 0.143. The molecule has 0 saturated carbocycles. The van der Waals surface area contributed by atoms with Gasteiger partial charge in [0.2, 0.25) is 0 Å². The Bertz CT molecular complexity index is 420. The fourth-order valence-electron chi connectivity index (χ4n) is 1.82. The standard InChI is InChI=1S/C13H15NO/c1-13(2,15)8-7-11-6-5-10-4-3-9-14-12(10)11/h3-4,9,11,15H,5-6H2,1-2H3. The molecule has 1 aromatic rings. The van der Waals surface area contributed by atoms with Crippen LogP contribution in [0.25, 0.3) is 0 Å². The average molecular weight is 201 g/mol. The van der Waals surface area contributed by atoms with Crippen molar-refractivity contribution >= 4 is 0 Å². The Hall–Kier alpha value is -1.33. The number of aromatic nitrogens is 1. The monoisotopic (exact) mass is 201 g/mol. The summed E-state index contributed by atoms with van der Waals surface area (Å²) < 4.78 is 0. The highest BCUT2D eigenvalue weighted by Gasteiger charge is 2.21. The zero-order chi connectivity index (χ0) is 10.9. The number of hydrogen-bond donors (Lipinski definition) is 1. The van der Waals surface area contributed by atoms with E-state index >= 15 is 0 Å². The summed E-state index contributed by atoms with van der Waals surface area (Å²) in [6.07, 6.45) is 3.88. The van der Waals surface area contributed by atoms with E-state index in [2.05, 4.69) is 22.9 Å². The van der Waals surface area contributed by atoms with Crippen molar-refractivity contribution in [3.05, 3.63) is 29.6 Å². The van der Waals surface area contributed by atoms with Crippen molar-refractivity contribution < 1.29 is 5.11 Å². The van der Waals surface area contributed by atoms with E-state index in [0.717, 1.165) is 18.5 Å². The molecule has 0 amide bonds. The first-order valence-electron chi connectivity index (χ1n) is 5.25. The van der Waals surface area contributed by atoms with E-state index in [0.29, 0.717) is 0 Å². The van der Waals surface area contributed by atoms with Crippen LogP contribution in [0.3, 0.4) is 0 Å². The van der Waals surface area contributed by atoms with E-state index in [1.165, 1.54) is 5.56 Å². The van der Waals surface area contributed by atoms with Crippen LogP contribution in [0.15, 0.2) is 18.3 Å². The SMILES string of the molecule is CC(C)(O)C#CC1CCc2cccnc21. The van der Waals surface area contributed by atoms with Gasteiger partial charge in [-0.15, -0.1) is 0 Å². The maximum atomic E-state index is 9.53. The summed E-state index contributed by atoms with van der Waals surface area (Å²) >= 11 is 0. The number of fused-ring (bicyclic) bond motifs is 1. The fraction of sp³-hybridized carbons (Fsp3) is 0.462. The van der Waals surface area contributed by atoms with Gasteiger partial charge in [-0.3, -0.25) is 4.98 Å². The van der Waals surface area contributed by atoms with E-state index in [1.807, 2.05) is 12.3 Å². The summed E-state index contributed by atoms with van der Waals surface area (Å²) in [5.41, 5.74) is 1.49. The Morgan fingerprint density at radius 3 is 3.07 bits per heavy atom. The molecule has 0 aromatic carbocycles. The van der Waals surface area contributed by atoms with Gasteiger partial charge in [-0.25, -0.2) is 0 Å². The van der Waals surface area contributed by atoms with Crippen molar-refractivity contribution in [2.24, 2.45) is 0 Å². The van der Waals surface area contributed by atoms with Crippen LogP contribution in [0, 0.1) is 11.8 Å². The second-order valence-electron chi connectivity index (χ2n) is 4.47. The minimum atomic E-state index is -0.905. The number of hydrogen-bond acceptors (Lipinski definition) is 2. The Balaban J connectivity index is 2.24. The first kappa shape index (κ1) is 10.2. The summed E-state index contributed by atoms with van der Waals surface area (Å²) in [7, 11) is 0. The summed E-state index contributed by atoms with van der Waals surface area (Å²) in [5.74, 6) is 6.19. The lowest BCUT2D eigenvalue weighted by atomic mass is 10.0. The lowest BCUT2D eigenvalue weighted by Gasteiger charge is -2.08. The number of nitrogens with zero attached hydrogens (tertiary/aromatic N) is 1. The smallest absolute Gasteiger partial charge is 0.119 e. The summed E-state index contributed by atoms with van der Waals surface area (Å²) in [6.45, 7) is 3.41. The van der Waals surface area contributed by atoms with Crippen LogP contribution in [-0.2, 0) is 6.42 Å². The Kier molecular flexibility index (Phi) is 2.50. The number of aryl methyl sites for hydroxylation is 1. The van der Waals surface area contributed by atoms with Crippen molar-refractivity contribution in [2.45, 2.75) is 38.2 Å². The fourth-order valence-corrected chi connectivity index (χ4v) is 1.82. The second kappa shape index (κ2) is 3.67. The molecule has 15 heavy (non-hydrogen) atoms. The quantitative estimate of drug-likeness (QED) is 0.650. The number of rotatable bonds is 0. The number of aliphatic hydroxyl groups is 1. The van der Waals surface area contributed by atoms with E-state index in [9.17, 15) is 5.11 Å². The van der Waals surface area contributed by atoms with Crippen LogP contribution in [-0.4, -0.2) is 15.7 Å². The van der Waals surface area contributed by atoms with Gasteiger partial charge < -0.3 is 5.11 Å². The molecule has 0 bridgehead atoms. The van der Waals surface area contributed by atoms with Gasteiger partial charge in [0.25, 0.3) is 0 Å². The lowest BCUT2D eigenvalue weighted by Crippen LogP contribution is -2.15. The summed E-state index contributed by atoms with van der Waals surface area (Å²) in [4.78, 5) is 4.36. The summed E-state index contributed by atoms with van der Waals surface area (Å²) in [6, 6.07) is 4.07. The van der Waals surface area contributed by atoms with Crippen LogP contribution >= 0.6 is 0 Å². The first-order chi connectivity index (χ1) is 7.06. The van der Waals surface area contributed by atoms with Gasteiger partial charge in [-0.2, -0.15) is 0 Å². The van der Waals surface area contributed by atoms with Gasteiger partial charge in [0.1, 0.15) is 5.60 Å². The van der Waals surface area contributed by atoms with Gasteiger partial charge >= 0.3 is 0 Å². The average Bonchev–Trinajstić information content (AvgIpc) is 2.57. The van der Waals surface area contributed by atoms with E-state index < -0.39 is 5.60 Å². The molecule has 0 fully saturated rings. The highest BCUT2D eigenvalue weighted by Crippen LogP contribution is 2.30. The molecular weight excluding hydrogens is 186 g/mol. The molecular formula is C13H15NO. The topological polar surface area (TPSA) is 33.1 Å². The third-order valence-corrected chi connectivity index (χ3v) is 2.51. The molecule has 0 saturated heterocycles. The predicted molar refractivity (Wildman–Crippen MR) is 59.4 cm³/mol. The maximum absolute atomic E-state index is 9.53. The normalized spacial score (nSPS) is 19.3. The van der Waals surface area contributed by atoms with Crippen molar-refractivity contribution in [1.82, 2.24) is 4.98 Å². The highest BCUT2D eigenvalue weighted by molar-refractivity contribution is 5.35. The minimum Gasteiger partial charge on any atom is -0.378 e. The van der Waals surface area contributed by atoms with Crippen molar-refractivity contribution in [2.75, 3.05) is 0 Å². The van der Waals surface area contributed by atoms with Crippen LogP contribution < -0.4 is 0 Å². The predicted octanol–water partition coefficient (Wildman–Crippen LogP) is 1.89. The molecule has 1 N–H and O–H groups in total. The van der Waals surface area contributed by atoms with Crippen LogP contribution in [0.2, 0.25) is 0 Å². The Morgan fingerprint density at radius 2 is 2.33 bits per heavy atom. The second-order valence-corrected chi connectivity index (χ2v) is 4.47. The number of pyridine rings is 1. The van der Waals surface area contributed by atoms with Crippen LogP contribution in [0.5, 0.6) is 0 Å². The highest BCUT2D eigenvalue weighted by atomic mass is 16.3. The zero-order valence-corrected chi connectivity index (χ0v) is 9.12. The Labute approximate surface area is 90.4 Å². The molecule has 78 valence electrons. The molecule has 0 spiro atoms. The van der Waals surface area contributed by atoms with Gasteiger partial charge in [-0.05, 0) is 38.3 Å². The molecule has 1 aliphatic carbocycles. The van der Waals surface area contributed by atoms with E-state index in [-0.39, 0.29) is 5.92 Å². The molecule has 2 nitrogen and oxygen atoms in total. The van der Waals surface area contributed by atoms with Gasteiger partial charge in [0, 0.05) is 6.20 Å². The molecule has 0 radical (unpaired) electrons. The molecule has 1 unspecified atom stereocenters. The summed E-state index contributed by atoms with van der Waals surface area (Å²) in [5, 5.41) is 9.53. The van der Waals surface area contributed by atoms with Crippen molar-refractivity contribution in [3.63, 3.8) is 0 Å². The van der Waals surface area contributed by atoms with Crippen LogP contribution in [0.4, 0.5) is 0 Å². The van der Waals surface area contributed by atoms with Crippen molar-refractivity contribution in [3.8, 4) is 11.8 Å². The third-order valence-electron chi connectivity index (χ3n) is 2.51. The van der Waals surface area contributed by atoms with Crippen molar-refractivity contribution in [1.29, 1.82) is 0 Å². The Morgan fingerprint density at radius 1 is 1.53 bits per heavy atom. The van der Waals surface area contributed by atoms with Gasteiger partial charge in [-0.1, -0.05) is 17.9 Å². The van der Waals surface area contributed by atoms with Gasteiger partial charge in [0.15, 0.2) is 0 Å². The minimum absolute atomic E-state index is 0.202. The molecule has 1 aromatic heterocycles. The van der Waals surface area contributed by atoms with Crippen LogP contribution in [0.1, 0.15) is 37.4 Å². The molecule has 1 heterocycles. The first-order valence-corrected chi connectivity index (χ1v) is 5.25. The molecule has 1 aliphatic rings. The molecule has 2 heteroatoms. The largest absolute Gasteiger partial charge is 0.378 e. The third kappa shape index (κ3) is 2.37. The zero-order valence-electron chi connectivity index (χ0n) is 9.12. The molecule has 1 atom stereocenters. The maximum Gasteiger partial charge on any atom is 0.119 e. The molecule has 2 rings (SSSR count). The van der Waals surface area contributed by atoms with E-state index in [4.69, 9.17) is 0 Å². The molecule has 0 aliphatic heterocycles. The van der Waals surface area contributed by atoms with E-state index in [1.54, 1.807) is 13.8 Å².